The Hall–Kier alpha value is -3.04. The summed E-state index contributed by atoms with van der Waals surface area (Å²) in [6.45, 7) is 3.68. The maximum Gasteiger partial charge on any atom is 0.414 e. The molecule has 0 amide bonds. The fourth-order valence-corrected chi connectivity index (χ4v) is 3.12. The van der Waals surface area contributed by atoms with Crippen molar-refractivity contribution in [3.63, 3.8) is 0 Å². The molecule has 0 fully saturated rings. The highest BCUT2D eigenvalue weighted by atomic mass is 32.1. The molecular weight excluding hydrogens is 398 g/mol. The third kappa shape index (κ3) is 6.51. The molecule has 3 N–H and O–H groups in total. The van der Waals surface area contributed by atoms with E-state index in [1.165, 1.54) is 11.3 Å². The van der Waals surface area contributed by atoms with Crippen LogP contribution in [-0.4, -0.2) is 58.0 Å². The number of hydrogen-bond donors (Lipinski definition) is 3. The number of carboxylic acid groups (broad SMARTS) is 3. The van der Waals surface area contributed by atoms with Crippen LogP contribution in [-0.2, 0) is 14.4 Å². The van der Waals surface area contributed by atoms with Crippen LogP contribution in [0.25, 0.3) is 0 Å². The lowest BCUT2D eigenvalue weighted by atomic mass is 9.89. The zero-order chi connectivity index (χ0) is 22.3. The van der Waals surface area contributed by atoms with Gasteiger partial charge < -0.3 is 20.2 Å². The average molecular weight is 421 g/mol. The van der Waals surface area contributed by atoms with Crippen molar-refractivity contribution < 1.29 is 34.5 Å². The highest BCUT2D eigenvalue weighted by Crippen LogP contribution is 2.30. The Morgan fingerprint density at radius 1 is 0.931 bits per heavy atom. The lowest BCUT2D eigenvalue weighted by molar-refractivity contribution is -0.159. The predicted octanol–water partition coefficient (Wildman–Crippen LogP) is 2.95. The molecule has 1 aromatic carbocycles. The Labute approximate surface area is 172 Å². The van der Waals surface area contributed by atoms with Crippen molar-refractivity contribution in [2.75, 3.05) is 14.1 Å². The molecular formula is C20H23NO7S. The second kappa shape index (κ2) is 10.5. The summed E-state index contributed by atoms with van der Waals surface area (Å²) in [5.74, 6) is -5.15. The molecule has 0 saturated heterocycles. The van der Waals surface area contributed by atoms with Gasteiger partial charge in [0.2, 0.25) is 5.78 Å². The number of carbonyl (C=O) groups is 4. The third-order valence-electron chi connectivity index (χ3n) is 4.34. The van der Waals surface area contributed by atoms with Crippen molar-refractivity contribution >= 4 is 35.0 Å². The van der Waals surface area contributed by atoms with Crippen LogP contribution < -0.4 is 0 Å². The molecule has 0 spiro atoms. The van der Waals surface area contributed by atoms with E-state index in [4.69, 9.17) is 19.8 Å². The van der Waals surface area contributed by atoms with Crippen LogP contribution in [0, 0.1) is 0 Å². The van der Waals surface area contributed by atoms with Gasteiger partial charge >= 0.3 is 17.9 Å². The van der Waals surface area contributed by atoms with Gasteiger partial charge in [0, 0.05) is 11.6 Å². The van der Waals surface area contributed by atoms with Gasteiger partial charge in [-0.1, -0.05) is 18.2 Å². The van der Waals surface area contributed by atoms with E-state index in [0.717, 1.165) is 11.1 Å². The van der Waals surface area contributed by atoms with Gasteiger partial charge in [-0.2, -0.15) is 0 Å². The molecule has 0 saturated carbocycles. The lowest BCUT2D eigenvalue weighted by Crippen LogP contribution is -2.21. The Bertz CT molecular complexity index is 878. The van der Waals surface area contributed by atoms with E-state index in [9.17, 15) is 14.7 Å². The average Bonchev–Trinajstić information content (AvgIpc) is 3.20. The molecule has 2 unspecified atom stereocenters. The van der Waals surface area contributed by atoms with Gasteiger partial charge in [-0.05, 0) is 56.6 Å². The van der Waals surface area contributed by atoms with Gasteiger partial charge in [0.05, 0.1) is 10.8 Å². The first-order chi connectivity index (χ1) is 13.5. The van der Waals surface area contributed by atoms with E-state index < -0.39 is 23.8 Å². The van der Waals surface area contributed by atoms with E-state index in [-0.39, 0.29) is 11.8 Å². The summed E-state index contributed by atoms with van der Waals surface area (Å²) in [6, 6.07) is 9.00. The van der Waals surface area contributed by atoms with Crippen LogP contribution in [0.4, 0.5) is 0 Å². The Kier molecular flexibility index (Phi) is 8.68. The molecule has 0 radical (unpaired) electrons. The highest BCUT2D eigenvalue weighted by Gasteiger charge is 2.23. The van der Waals surface area contributed by atoms with Gasteiger partial charge in [0.1, 0.15) is 0 Å². The SMILES string of the molecule is CC(C(=O)O)c1ccc(C(=O)c2cccs2)cc1C(C)N(C)C.O=C(O)C(=O)O. The minimum absolute atomic E-state index is 0.0166. The summed E-state index contributed by atoms with van der Waals surface area (Å²) in [4.78, 5) is 44.8. The van der Waals surface area contributed by atoms with Crippen molar-refractivity contribution in [2.45, 2.75) is 25.8 Å². The number of benzene rings is 1. The van der Waals surface area contributed by atoms with E-state index >= 15 is 0 Å². The fraction of sp³-hybridized carbons (Fsp3) is 0.300. The Morgan fingerprint density at radius 3 is 1.93 bits per heavy atom. The number of aliphatic carboxylic acids is 3. The second-order valence-electron chi connectivity index (χ2n) is 6.46. The zero-order valence-corrected chi connectivity index (χ0v) is 17.3. The monoisotopic (exact) mass is 421 g/mol. The first-order valence-electron chi connectivity index (χ1n) is 8.54. The summed E-state index contributed by atoms with van der Waals surface area (Å²) in [7, 11) is 3.88. The number of rotatable bonds is 6. The van der Waals surface area contributed by atoms with Crippen LogP contribution in [0.15, 0.2) is 35.7 Å². The van der Waals surface area contributed by atoms with E-state index in [1.54, 1.807) is 25.1 Å². The van der Waals surface area contributed by atoms with Crippen molar-refractivity contribution in [2.24, 2.45) is 0 Å². The lowest BCUT2D eigenvalue weighted by Gasteiger charge is -2.25. The van der Waals surface area contributed by atoms with Crippen molar-refractivity contribution in [3.05, 3.63) is 57.3 Å². The van der Waals surface area contributed by atoms with E-state index in [2.05, 4.69) is 0 Å². The first kappa shape index (κ1) is 24.0. The molecule has 9 heteroatoms. The predicted molar refractivity (Wildman–Crippen MR) is 108 cm³/mol. The molecule has 1 heterocycles. The van der Waals surface area contributed by atoms with Crippen LogP contribution in [0.3, 0.4) is 0 Å². The summed E-state index contributed by atoms with van der Waals surface area (Å²) in [5.41, 5.74) is 2.23. The van der Waals surface area contributed by atoms with Crippen molar-refractivity contribution in [1.82, 2.24) is 4.90 Å². The molecule has 2 rings (SSSR count). The molecule has 2 aromatic rings. The highest BCUT2D eigenvalue weighted by molar-refractivity contribution is 7.12. The van der Waals surface area contributed by atoms with Gasteiger partial charge in [-0.15, -0.1) is 11.3 Å². The summed E-state index contributed by atoms with van der Waals surface area (Å²) < 4.78 is 0. The third-order valence-corrected chi connectivity index (χ3v) is 5.21. The standard InChI is InChI=1S/C18H21NO3S.C2H2O4/c1-11(18(21)22)14-8-7-13(10-15(14)12(2)19(3)4)17(20)16-6-5-9-23-16;3-1(4)2(5)6/h5-12H,1-4H3,(H,21,22);(H,3,4)(H,5,6). The molecule has 8 nitrogen and oxygen atoms in total. The number of hydrogen-bond acceptors (Lipinski definition) is 6. The maximum atomic E-state index is 12.5. The molecule has 0 bridgehead atoms. The topological polar surface area (TPSA) is 132 Å². The summed E-state index contributed by atoms with van der Waals surface area (Å²) in [5, 5.41) is 26.0. The van der Waals surface area contributed by atoms with Crippen molar-refractivity contribution in [3.8, 4) is 0 Å². The van der Waals surface area contributed by atoms with Crippen LogP contribution >= 0.6 is 11.3 Å². The van der Waals surface area contributed by atoms with Crippen LogP contribution in [0.1, 0.15) is 52.2 Å². The molecule has 29 heavy (non-hydrogen) atoms. The minimum Gasteiger partial charge on any atom is -0.481 e. The van der Waals surface area contributed by atoms with E-state index in [1.807, 2.05) is 43.4 Å². The second-order valence-corrected chi connectivity index (χ2v) is 7.41. The quantitative estimate of drug-likeness (QED) is 0.479. The number of thiophene rings is 1. The number of carbonyl (C=O) groups excluding carboxylic acids is 1. The number of carboxylic acids is 3. The molecule has 1 aromatic heterocycles. The summed E-state index contributed by atoms with van der Waals surface area (Å²) in [6.07, 6.45) is 0. The van der Waals surface area contributed by atoms with Gasteiger partial charge in [0.25, 0.3) is 0 Å². The summed E-state index contributed by atoms with van der Waals surface area (Å²) >= 11 is 1.41. The Morgan fingerprint density at radius 2 is 1.52 bits per heavy atom. The number of nitrogens with zero attached hydrogens (tertiary/aromatic N) is 1. The minimum atomic E-state index is -1.82. The fourth-order valence-electron chi connectivity index (χ4n) is 2.43. The molecule has 0 aliphatic heterocycles. The van der Waals surface area contributed by atoms with Crippen molar-refractivity contribution in [1.29, 1.82) is 0 Å². The normalized spacial score (nSPS) is 12.4. The van der Waals surface area contributed by atoms with Gasteiger partial charge in [-0.25, -0.2) is 9.59 Å². The molecule has 2 atom stereocenters. The zero-order valence-electron chi connectivity index (χ0n) is 16.4. The molecule has 156 valence electrons. The first-order valence-corrected chi connectivity index (χ1v) is 9.42. The van der Waals surface area contributed by atoms with Gasteiger partial charge in [-0.3, -0.25) is 9.59 Å². The van der Waals surface area contributed by atoms with Gasteiger partial charge in [0.15, 0.2) is 0 Å². The van der Waals surface area contributed by atoms with Crippen LogP contribution in [0.2, 0.25) is 0 Å². The Balaban J connectivity index is 0.000000612. The maximum absolute atomic E-state index is 12.5. The number of ketones is 1. The molecule has 0 aliphatic carbocycles. The smallest absolute Gasteiger partial charge is 0.414 e. The van der Waals surface area contributed by atoms with E-state index in [0.29, 0.717) is 10.4 Å². The molecule has 0 aliphatic rings. The largest absolute Gasteiger partial charge is 0.481 e. The van der Waals surface area contributed by atoms with Crippen LogP contribution in [0.5, 0.6) is 0 Å².